The fourth-order valence-electron chi connectivity index (χ4n) is 3.19. The van der Waals surface area contributed by atoms with E-state index in [0.29, 0.717) is 18.6 Å². The van der Waals surface area contributed by atoms with E-state index in [-0.39, 0.29) is 18.4 Å². The molecule has 0 saturated carbocycles. The van der Waals surface area contributed by atoms with Gasteiger partial charge in [0.25, 0.3) is 0 Å². The molecule has 6 nitrogen and oxygen atoms in total. The first-order valence-electron chi connectivity index (χ1n) is 7.51. The maximum Gasteiger partial charge on any atom is 0.237 e. The molecule has 0 aromatic heterocycles. The van der Waals surface area contributed by atoms with Crippen molar-refractivity contribution in [3.63, 3.8) is 0 Å². The van der Waals surface area contributed by atoms with E-state index in [4.69, 9.17) is 5.73 Å². The zero-order valence-corrected chi connectivity index (χ0v) is 12.5. The minimum Gasteiger partial charge on any atom is -0.369 e. The molecule has 2 heterocycles. The lowest BCUT2D eigenvalue weighted by Gasteiger charge is -2.43. The fraction of sp³-hybridized carbons (Fsp3) is 0.857. The van der Waals surface area contributed by atoms with Gasteiger partial charge in [-0.2, -0.15) is 0 Å². The Kier molecular flexibility index (Phi) is 4.99. The number of hydrogen-bond donors (Lipinski definition) is 1. The van der Waals surface area contributed by atoms with Gasteiger partial charge in [0.05, 0.1) is 13.1 Å². The van der Waals surface area contributed by atoms with Gasteiger partial charge in [0.15, 0.2) is 0 Å². The summed E-state index contributed by atoms with van der Waals surface area (Å²) in [6, 6.07) is 0.951. The highest BCUT2D eigenvalue weighted by molar-refractivity contribution is 5.81. The molecule has 2 amide bonds. The Morgan fingerprint density at radius 3 is 2.40 bits per heavy atom. The first-order valence-corrected chi connectivity index (χ1v) is 7.51. The second kappa shape index (κ2) is 6.54. The third-order valence-corrected chi connectivity index (χ3v) is 4.39. The average Bonchev–Trinajstić information content (AvgIpc) is 2.38. The van der Waals surface area contributed by atoms with E-state index < -0.39 is 0 Å². The Balaban J connectivity index is 1.83. The Hall–Kier alpha value is -1.14. The van der Waals surface area contributed by atoms with E-state index in [9.17, 15) is 9.59 Å². The van der Waals surface area contributed by atoms with Crippen LogP contribution in [0.25, 0.3) is 0 Å². The van der Waals surface area contributed by atoms with Crippen molar-refractivity contribution in [2.24, 2.45) is 5.73 Å². The van der Waals surface area contributed by atoms with Gasteiger partial charge >= 0.3 is 0 Å². The lowest BCUT2D eigenvalue weighted by molar-refractivity contribution is -0.140. The van der Waals surface area contributed by atoms with Gasteiger partial charge in [-0.3, -0.25) is 14.5 Å². The van der Waals surface area contributed by atoms with Gasteiger partial charge < -0.3 is 15.5 Å². The number of carbonyl (C=O) groups excluding carboxylic acids is 2. The van der Waals surface area contributed by atoms with Crippen LogP contribution < -0.4 is 5.73 Å². The number of piperazine rings is 1. The summed E-state index contributed by atoms with van der Waals surface area (Å²) in [7, 11) is 0. The highest BCUT2D eigenvalue weighted by atomic mass is 16.2. The number of nitrogens with zero attached hydrogens (tertiary/aromatic N) is 3. The summed E-state index contributed by atoms with van der Waals surface area (Å²) < 4.78 is 0. The molecule has 20 heavy (non-hydrogen) atoms. The van der Waals surface area contributed by atoms with Crippen LogP contribution in [0.4, 0.5) is 0 Å². The maximum atomic E-state index is 12.2. The molecular weight excluding hydrogens is 256 g/mol. The molecule has 2 aliphatic rings. The molecule has 2 rings (SSSR count). The number of carbonyl (C=O) groups is 2. The van der Waals surface area contributed by atoms with E-state index in [1.165, 1.54) is 0 Å². The quantitative estimate of drug-likeness (QED) is 0.754. The lowest BCUT2D eigenvalue weighted by atomic mass is 10.0. The van der Waals surface area contributed by atoms with Crippen LogP contribution in [0.2, 0.25) is 0 Å². The third kappa shape index (κ3) is 3.70. The van der Waals surface area contributed by atoms with E-state index in [2.05, 4.69) is 18.7 Å². The van der Waals surface area contributed by atoms with Crippen LogP contribution in [-0.4, -0.2) is 77.9 Å². The van der Waals surface area contributed by atoms with Crippen molar-refractivity contribution in [1.82, 2.24) is 14.7 Å². The van der Waals surface area contributed by atoms with Gasteiger partial charge in [0, 0.05) is 38.3 Å². The van der Waals surface area contributed by atoms with Gasteiger partial charge in [-0.1, -0.05) is 0 Å². The van der Waals surface area contributed by atoms with Gasteiger partial charge in [-0.05, 0) is 26.7 Å². The smallest absolute Gasteiger partial charge is 0.237 e. The van der Waals surface area contributed by atoms with Crippen molar-refractivity contribution in [3.05, 3.63) is 0 Å². The van der Waals surface area contributed by atoms with Crippen LogP contribution in [-0.2, 0) is 9.59 Å². The SMILES string of the molecule is CC(C)N1CCC(N2CCN(CC(N)=O)CC2=O)CC1. The number of amides is 2. The number of nitrogens with two attached hydrogens (primary N) is 1. The van der Waals surface area contributed by atoms with E-state index in [0.717, 1.165) is 39.0 Å². The molecule has 0 unspecified atom stereocenters. The monoisotopic (exact) mass is 282 g/mol. The van der Waals surface area contributed by atoms with Crippen LogP contribution in [0.3, 0.4) is 0 Å². The number of likely N-dealkylation sites (tertiary alicyclic amines) is 1. The molecule has 2 fully saturated rings. The van der Waals surface area contributed by atoms with Crippen molar-refractivity contribution < 1.29 is 9.59 Å². The number of primary amides is 1. The Labute approximate surface area is 120 Å². The molecule has 0 aromatic carbocycles. The van der Waals surface area contributed by atoms with Crippen molar-refractivity contribution >= 4 is 11.8 Å². The summed E-state index contributed by atoms with van der Waals surface area (Å²) in [5.74, 6) is -0.225. The zero-order chi connectivity index (χ0) is 14.7. The van der Waals surface area contributed by atoms with Gasteiger partial charge in [0.2, 0.25) is 11.8 Å². The first kappa shape index (κ1) is 15.3. The molecule has 114 valence electrons. The standard InChI is InChI=1S/C14H26N4O2/c1-11(2)17-5-3-12(4-6-17)18-8-7-16(9-13(15)19)10-14(18)20/h11-12H,3-10H2,1-2H3,(H2,15,19). The van der Waals surface area contributed by atoms with Crippen LogP contribution in [0, 0.1) is 0 Å². The molecule has 0 aromatic rings. The van der Waals surface area contributed by atoms with E-state index in [1.54, 1.807) is 0 Å². The molecular formula is C14H26N4O2. The van der Waals surface area contributed by atoms with Crippen molar-refractivity contribution in [2.45, 2.75) is 38.8 Å². The van der Waals surface area contributed by atoms with Crippen LogP contribution in [0.5, 0.6) is 0 Å². The minimum absolute atomic E-state index is 0.139. The molecule has 6 heteroatoms. The number of hydrogen-bond acceptors (Lipinski definition) is 4. The first-order chi connectivity index (χ1) is 9.47. The van der Waals surface area contributed by atoms with Gasteiger partial charge in [-0.15, -0.1) is 0 Å². The fourth-order valence-corrected chi connectivity index (χ4v) is 3.19. The van der Waals surface area contributed by atoms with Crippen LogP contribution >= 0.6 is 0 Å². The minimum atomic E-state index is -0.364. The molecule has 0 spiro atoms. The van der Waals surface area contributed by atoms with Crippen LogP contribution in [0.1, 0.15) is 26.7 Å². The van der Waals surface area contributed by atoms with E-state index >= 15 is 0 Å². The second-order valence-corrected chi connectivity index (χ2v) is 6.12. The summed E-state index contributed by atoms with van der Waals surface area (Å²) in [5, 5.41) is 0. The zero-order valence-electron chi connectivity index (χ0n) is 12.5. The Morgan fingerprint density at radius 1 is 1.25 bits per heavy atom. The van der Waals surface area contributed by atoms with Crippen molar-refractivity contribution in [1.29, 1.82) is 0 Å². The topological polar surface area (TPSA) is 69.9 Å². The molecule has 2 aliphatic heterocycles. The largest absolute Gasteiger partial charge is 0.369 e. The Bertz CT molecular complexity index is 364. The van der Waals surface area contributed by atoms with Crippen molar-refractivity contribution in [3.8, 4) is 0 Å². The molecule has 0 aliphatic carbocycles. The highest BCUT2D eigenvalue weighted by Gasteiger charge is 2.32. The molecule has 0 bridgehead atoms. The summed E-state index contributed by atoms with van der Waals surface area (Å²) in [5.41, 5.74) is 5.18. The predicted molar refractivity (Wildman–Crippen MR) is 77.1 cm³/mol. The van der Waals surface area contributed by atoms with Gasteiger partial charge in [-0.25, -0.2) is 0 Å². The predicted octanol–water partition coefficient (Wildman–Crippen LogP) is -0.511. The van der Waals surface area contributed by atoms with E-state index in [1.807, 2.05) is 9.80 Å². The summed E-state index contributed by atoms with van der Waals surface area (Å²) in [4.78, 5) is 29.4. The summed E-state index contributed by atoms with van der Waals surface area (Å²) in [6.45, 7) is 8.55. The van der Waals surface area contributed by atoms with Gasteiger partial charge in [0.1, 0.15) is 0 Å². The normalized spacial score (nSPS) is 23.6. The van der Waals surface area contributed by atoms with Crippen LogP contribution in [0.15, 0.2) is 0 Å². The van der Waals surface area contributed by atoms with Crippen molar-refractivity contribution in [2.75, 3.05) is 39.3 Å². The number of piperidine rings is 1. The molecule has 0 radical (unpaired) electrons. The molecule has 0 atom stereocenters. The maximum absolute atomic E-state index is 12.2. The number of rotatable bonds is 4. The summed E-state index contributed by atoms with van der Waals surface area (Å²) >= 11 is 0. The highest BCUT2D eigenvalue weighted by Crippen LogP contribution is 2.20. The summed E-state index contributed by atoms with van der Waals surface area (Å²) in [6.07, 6.45) is 2.11. The lowest BCUT2D eigenvalue weighted by Crippen LogP contribution is -2.57. The molecule has 2 saturated heterocycles. The average molecular weight is 282 g/mol. The third-order valence-electron chi connectivity index (χ3n) is 4.39. The second-order valence-electron chi connectivity index (χ2n) is 6.12. The molecule has 2 N–H and O–H groups in total. The Morgan fingerprint density at radius 2 is 1.90 bits per heavy atom.